The van der Waals surface area contributed by atoms with Gasteiger partial charge in [0.1, 0.15) is 17.6 Å². The van der Waals surface area contributed by atoms with Crippen molar-refractivity contribution in [2.24, 2.45) is 10.9 Å². The van der Waals surface area contributed by atoms with E-state index in [0.29, 0.717) is 11.1 Å². The lowest BCUT2D eigenvalue weighted by atomic mass is 9.74. The summed E-state index contributed by atoms with van der Waals surface area (Å²) >= 11 is 0. The Kier molecular flexibility index (Phi) is 6.57. The Hall–Kier alpha value is -3.73. The molecule has 1 heterocycles. The van der Waals surface area contributed by atoms with E-state index in [4.69, 9.17) is 4.74 Å². The van der Waals surface area contributed by atoms with Gasteiger partial charge in [-0.05, 0) is 44.9 Å². The van der Waals surface area contributed by atoms with Crippen LogP contribution in [0.2, 0.25) is 0 Å². The summed E-state index contributed by atoms with van der Waals surface area (Å²) in [5, 5.41) is 28.9. The number of carboxylic acids is 2. The van der Waals surface area contributed by atoms with Gasteiger partial charge in [0.25, 0.3) is 0 Å². The fourth-order valence-electron chi connectivity index (χ4n) is 3.28. The van der Waals surface area contributed by atoms with Crippen LogP contribution in [0, 0.1) is 17.2 Å². The number of benzene rings is 1. The number of esters is 1. The fraction of sp³-hybridized carbons (Fsp3) is 0.318. The molecule has 2 unspecified atom stereocenters. The largest absolute Gasteiger partial charge is 0.481 e. The topological polar surface area (TPSA) is 137 Å². The molecule has 1 aliphatic heterocycles. The van der Waals surface area contributed by atoms with E-state index in [-0.39, 0.29) is 11.4 Å². The first kappa shape index (κ1) is 22.6. The lowest BCUT2D eigenvalue weighted by Gasteiger charge is -2.29. The van der Waals surface area contributed by atoms with E-state index in [9.17, 15) is 29.9 Å². The fourth-order valence-corrected chi connectivity index (χ4v) is 3.28. The molecule has 0 aromatic heterocycles. The average molecular weight is 410 g/mol. The summed E-state index contributed by atoms with van der Waals surface area (Å²) in [6.07, 6.45) is 2.63. The average Bonchev–Trinajstić information content (AvgIpc) is 2.63. The molecule has 156 valence electrons. The molecule has 1 aromatic carbocycles. The van der Waals surface area contributed by atoms with Gasteiger partial charge in [-0.2, -0.15) is 5.26 Å². The highest BCUT2D eigenvalue weighted by Crippen LogP contribution is 2.40. The summed E-state index contributed by atoms with van der Waals surface area (Å²) in [6, 6.07) is 8.25. The van der Waals surface area contributed by atoms with Gasteiger partial charge >= 0.3 is 17.9 Å². The number of allylic oxidation sites excluding steroid dienone is 1. The molecular formula is C22H22N2O6. The minimum atomic E-state index is -1.43. The van der Waals surface area contributed by atoms with Crippen molar-refractivity contribution in [3.63, 3.8) is 0 Å². The Morgan fingerprint density at radius 1 is 1.20 bits per heavy atom. The zero-order valence-electron chi connectivity index (χ0n) is 17.0. The lowest BCUT2D eigenvalue weighted by Crippen LogP contribution is -2.35. The number of aliphatic carboxylic acids is 2. The van der Waals surface area contributed by atoms with Gasteiger partial charge in [-0.25, -0.2) is 14.6 Å². The van der Waals surface area contributed by atoms with E-state index >= 15 is 0 Å². The number of nitrogens with zero attached hydrogens (tertiary/aromatic N) is 2. The highest BCUT2D eigenvalue weighted by atomic mass is 16.6. The number of nitriles is 1. The molecule has 0 spiro atoms. The predicted octanol–water partition coefficient (Wildman–Crippen LogP) is 3.16. The van der Waals surface area contributed by atoms with Gasteiger partial charge in [0.2, 0.25) is 0 Å². The Bertz CT molecular complexity index is 1020. The van der Waals surface area contributed by atoms with Crippen molar-refractivity contribution < 1.29 is 29.3 Å². The Morgan fingerprint density at radius 2 is 1.83 bits per heavy atom. The van der Waals surface area contributed by atoms with E-state index in [1.807, 2.05) is 0 Å². The summed E-state index contributed by atoms with van der Waals surface area (Å²) in [7, 11) is 0. The highest BCUT2D eigenvalue weighted by molar-refractivity contribution is 6.07. The zero-order chi connectivity index (χ0) is 22.6. The highest BCUT2D eigenvalue weighted by Gasteiger charge is 2.42. The number of carboxylic acid groups (broad SMARTS) is 2. The molecule has 8 heteroatoms. The van der Waals surface area contributed by atoms with Crippen molar-refractivity contribution in [1.29, 1.82) is 5.26 Å². The van der Waals surface area contributed by atoms with Crippen molar-refractivity contribution in [3.8, 4) is 6.07 Å². The first-order valence-corrected chi connectivity index (χ1v) is 9.11. The van der Waals surface area contributed by atoms with Crippen LogP contribution in [-0.4, -0.2) is 39.4 Å². The molecule has 0 saturated heterocycles. The molecule has 0 amide bonds. The molecule has 0 radical (unpaired) electrons. The maximum Gasteiger partial charge on any atom is 0.335 e. The summed E-state index contributed by atoms with van der Waals surface area (Å²) in [6.45, 7) is 6.62. The van der Waals surface area contributed by atoms with E-state index < -0.39 is 40.9 Å². The maximum atomic E-state index is 12.0. The van der Waals surface area contributed by atoms with Crippen molar-refractivity contribution in [3.05, 3.63) is 52.7 Å². The molecule has 0 aliphatic carbocycles. The van der Waals surface area contributed by atoms with Crippen LogP contribution in [0.3, 0.4) is 0 Å². The van der Waals surface area contributed by atoms with Crippen LogP contribution >= 0.6 is 0 Å². The van der Waals surface area contributed by atoms with Gasteiger partial charge in [0, 0.05) is 17.7 Å². The van der Waals surface area contributed by atoms with Gasteiger partial charge in [0.05, 0.1) is 5.57 Å². The maximum absolute atomic E-state index is 12.0. The molecule has 2 N–H and O–H groups in total. The van der Waals surface area contributed by atoms with Crippen LogP contribution in [-0.2, 0) is 19.1 Å². The van der Waals surface area contributed by atoms with Gasteiger partial charge in [-0.1, -0.05) is 24.3 Å². The lowest BCUT2D eigenvalue weighted by molar-refractivity contribution is -0.148. The molecule has 30 heavy (non-hydrogen) atoms. The van der Waals surface area contributed by atoms with Crippen LogP contribution in [0.25, 0.3) is 6.08 Å². The van der Waals surface area contributed by atoms with Crippen LogP contribution in [0.15, 0.2) is 46.6 Å². The summed E-state index contributed by atoms with van der Waals surface area (Å²) in [5.74, 6) is -5.72. The number of carbonyl (C=O) groups excluding carboxylic acids is 1. The van der Waals surface area contributed by atoms with Crippen molar-refractivity contribution in [2.45, 2.75) is 39.2 Å². The van der Waals surface area contributed by atoms with E-state index in [1.54, 1.807) is 51.1 Å². The second kappa shape index (κ2) is 8.74. The minimum Gasteiger partial charge on any atom is -0.481 e. The number of ether oxygens (including phenoxy) is 1. The summed E-state index contributed by atoms with van der Waals surface area (Å²) < 4.78 is 5.23. The van der Waals surface area contributed by atoms with Gasteiger partial charge in [-0.3, -0.25) is 4.79 Å². The van der Waals surface area contributed by atoms with E-state index in [1.165, 1.54) is 19.1 Å². The molecular weight excluding hydrogens is 388 g/mol. The third kappa shape index (κ3) is 5.00. The van der Waals surface area contributed by atoms with Crippen molar-refractivity contribution >= 4 is 29.7 Å². The molecule has 2 rings (SSSR count). The number of hydrogen-bond donors (Lipinski definition) is 2. The zero-order valence-corrected chi connectivity index (χ0v) is 17.0. The van der Waals surface area contributed by atoms with Gasteiger partial charge < -0.3 is 14.9 Å². The summed E-state index contributed by atoms with van der Waals surface area (Å²) in [5.41, 5.74) is -0.510. The minimum absolute atomic E-state index is 0.125. The number of carbonyl (C=O) groups is 3. The molecule has 0 saturated carbocycles. The monoisotopic (exact) mass is 410 g/mol. The van der Waals surface area contributed by atoms with Crippen molar-refractivity contribution in [1.82, 2.24) is 0 Å². The third-order valence-electron chi connectivity index (χ3n) is 4.38. The van der Waals surface area contributed by atoms with Crippen LogP contribution < -0.4 is 0 Å². The second-order valence-electron chi connectivity index (χ2n) is 7.72. The Labute approximate surface area is 173 Å². The Morgan fingerprint density at radius 3 is 2.37 bits per heavy atom. The third-order valence-corrected chi connectivity index (χ3v) is 4.38. The van der Waals surface area contributed by atoms with Crippen LogP contribution in [0.4, 0.5) is 0 Å². The first-order chi connectivity index (χ1) is 14.0. The van der Waals surface area contributed by atoms with E-state index in [0.717, 1.165) is 0 Å². The van der Waals surface area contributed by atoms with Gasteiger partial charge in [-0.15, -0.1) is 0 Å². The van der Waals surface area contributed by atoms with Crippen molar-refractivity contribution in [2.75, 3.05) is 0 Å². The number of hydrogen-bond acceptors (Lipinski definition) is 6. The van der Waals surface area contributed by atoms with E-state index in [2.05, 4.69) is 4.99 Å². The number of aliphatic imine (C=N–C) groups is 1. The van der Waals surface area contributed by atoms with Crippen LogP contribution in [0.5, 0.6) is 0 Å². The quantitative estimate of drug-likeness (QED) is 0.562. The normalized spacial score (nSPS) is 19.2. The number of rotatable bonds is 5. The van der Waals surface area contributed by atoms with Gasteiger partial charge in [0.15, 0.2) is 5.70 Å². The molecule has 8 nitrogen and oxygen atoms in total. The second-order valence-corrected chi connectivity index (χ2v) is 7.72. The standard InChI is InChI=1S/C22H22N2O6/c1-12-17(20(26)27)18(19(21(28)29)15(11-23)24-12)14-8-6-5-7-13(14)9-10-16(25)30-22(2,3)4/h5-10,17-18H,1-4H3,(H,26,27)(H,28,29). The molecule has 2 atom stereocenters. The summed E-state index contributed by atoms with van der Waals surface area (Å²) in [4.78, 5) is 39.9. The molecule has 1 aliphatic rings. The Balaban J connectivity index is 2.63. The molecule has 1 aromatic rings. The molecule has 0 bridgehead atoms. The SMILES string of the molecule is CC1=NC(C#N)=C(C(=O)O)C(c2ccccc2C=CC(=O)OC(C)(C)C)C1C(=O)O. The smallest absolute Gasteiger partial charge is 0.335 e. The predicted molar refractivity (Wildman–Crippen MR) is 109 cm³/mol. The molecule has 0 fully saturated rings. The first-order valence-electron chi connectivity index (χ1n) is 9.11. The van der Waals surface area contributed by atoms with Crippen LogP contribution in [0.1, 0.15) is 44.7 Å².